The van der Waals surface area contributed by atoms with Gasteiger partial charge in [0.1, 0.15) is 10.8 Å². The molecule has 5 nitrogen and oxygen atoms in total. The van der Waals surface area contributed by atoms with Crippen molar-refractivity contribution in [2.24, 2.45) is 10.7 Å². The molecule has 0 saturated heterocycles. The molecule has 1 aromatic heterocycles. The van der Waals surface area contributed by atoms with E-state index < -0.39 is 11.7 Å². The third-order valence-corrected chi connectivity index (χ3v) is 4.11. The maximum Gasteiger partial charge on any atom is 0.291 e. The Bertz CT molecular complexity index is 724. The minimum atomic E-state index is -0.477. The summed E-state index contributed by atoms with van der Waals surface area (Å²) in [5, 5.41) is 4.32. The van der Waals surface area contributed by atoms with Crippen molar-refractivity contribution in [3.8, 4) is 0 Å². The van der Waals surface area contributed by atoms with Gasteiger partial charge >= 0.3 is 0 Å². The molecule has 116 valence electrons. The first kappa shape index (κ1) is 16.4. The van der Waals surface area contributed by atoms with Crippen molar-refractivity contribution in [3.63, 3.8) is 0 Å². The quantitative estimate of drug-likeness (QED) is 0.666. The molecule has 22 heavy (non-hydrogen) atoms. The molecule has 0 radical (unpaired) electrons. The average Bonchev–Trinajstić information content (AvgIpc) is 2.76. The average molecular weight is 341 g/mol. The van der Waals surface area contributed by atoms with Gasteiger partial charge in [0.2, 0.25) is 0 Å². The molecule has 1 heterocycles. The van der Waals surface area contributed by atoms with Gasteiger partial charge in [-0.15, -0.1) is 11.3 Å². The Morgan fingerprint density at radius 2 is 2.23 bits per heavy atom. The number of benzene rings is 1. The van der Waals surface area contributed by atoms with E-state index in [-0.39, 0.29) is 5.84 Å². The van der Waals surface area contributed by atoms with E-state index in [1.54, 1.807) is 13.0 Å². The monoisotopic (exact) mass is 340 g/mol. The van der Waals surface area contributed by atoms with Crippen LogP contribution in [0, 0.1) is 12.7 Å². The van der Waals surface area contributed by atoms with Gasteiger partial charge in [0, 0.05) is 18.5 Å². The van der Waals surface area contributed by atoms with Gasteiger partial charge in [0.15, 0.2) is 5.84 Å². The Hall–Kier alpha value is -1.99. The lowest BCUT2D eigenvalue weighted by Crippen LogP contribution is -2.29. The molecule has 0 fully saturated rings. The molecular formula is C14H14ClFN4OS. The number of amidine groups is 1. The third-order valence-electron chi connectivity index (χ3n) is 2.82. The van der Waals surface area contributed by atoms with Gasteiger partial charge in [-0.1, -0.05) is 11.6 Å². The van der Waals surface area contributed by atoms with Crippen LogP contribution < -0.4 is 11.1 Å². The van der Waals surface area contributed by atoms with Crippen molar-refractivity contribution < 1.29 is 9.18 Å². The van der Waals surface area contributed by atoms with Crippen LogP contribution >= 0.6 is 22.9 Å². The molecule has 8 heteroatoms. The van der Waals surface area contributed by atoms with Gasteiger partial charge in [0.25, 0.3) is 5.91 Å². The highest BCUT2D eigenvalue weighted by Gasteiger charge is 2.13. The molecule has 1 aromatic carbocycles. The fraction of sp³-hybridized carbons (Fsp3) is 0.214. The van der Waals surface area contributed by atoms with Crippen LogP contribution in [0.3, 0.4) is 0 Å². The fourth-order valence-electron chi connectivity index (χ4n) is 1.80. The van der Waals surface area contributed by atoms with Crippen LogP contribution in [-0.4, -0.2) is 23.8 Å². The summed E-state index contributed by atoms with van der Waals surface area (Å²) in [6.45, 7) is 1.77. The first-order valence-corrected chi connectivity index (χ1v) is 7.53. The topological polar surface area (TPSA) is 80.4 Å². The number of aromatic nitrogens is 1. The van der Waals surface area contributed by atoms with Crippen LogP contribution in [0.25, 0.3) is 0 Å². The van der Waals surface area contributed by atoms with Crippen LogP contribution in [0.2, 0.25) is 5.02 Å². The molecule has 0 aliphatic heterocycles. The molecule has 1 amide bonds. The summed E-state index contributed by atoms with van der Waals surface area (Å²) in [6.07, 6.45) is 0.427. The first-order valence-electron chi connectivity index (χ1n) is 6.34. The molecular weight excluding hydrogens is 327 g/mol. The Kier molecular flexibility index (Phi) is 5.10. The number of aliphatic imine (C=N–C) groups is 1. The summed E-state index contributed by atoms with van der Waals surface area (Å²) >= 11 is 7.13. The lowest BCUT2D eigenvalue weighted by Gasteiger charge is -2.01. The zero-order valence-corrected chi connectivity index (χ0v) is 13.6. The molecule has 3 N–H and O–H groups in total. The Labute approximate surface area is 136 Å². The van der Waals surface area contributed by atoms with Crippen molar-refractivity contribution in [2.75, 3.05) is 12.4 Å². The minimum absolute atomic E-state index is 0.105. The third kappa shape index (κ3) is 4.02. The highest BCUT2D eigenvalue weighted by atomic mass is 35.5. The SMILES string of the molecule is CN=C(N)C(=O)Nc1sc(Cc2cc(F)cc(Cl)c2)nc1C. The number of hydrogen-bond acceptors (Lipinski definition) is 4. The molecule has 0 unspecified atom stereocenters. The summed E-state index contributed by atoms with van der Waals surface area (Å²) in [7, 11) is 1.44. The largest absolute Gasteiger partial charge is 0.379 e. The van der Waals surface area contributed by atoms with Gasteiger partial charge in [-0.25, -0.2) is 9.37 Å². The molecule has 2 rings (SSSR count). The zero-order chi connectivity index (χ0) is 16.3. The number of carbonyl (C=O) groups excluding carboxylic acids is 1. The highest BCUT2D eigenvalue weighted by molar-refractivity contribution is 7.16. The maximum atomic E-state index is 13.3. The molecule has 0 aliphatic carbocycles. The standard InChI is InChI=1S/C14H14ClFN4OS/c1-7-14(20-13(21)12(17)18-2)22-11(19-7)5-8-3-9(15)6-10(16)4-8/h3-4,6H,5H2,1-2H3,(H2,17,18)(H,20,21). The number of hydrogen-bond donors (Lipinski definition) is 2. The van der Waals surface area contributed by atoms with Crippen molar-refractivity contribution in [1.29, 1.82) is 0 Å². The lowest BCUT2D eigenvalue weighted by atomic mass is 10.1. The van der Waals surface area contributed by atoms with E-state index in [2.05, 4.69) is 15.3 Å². The first-order chi connectivity index (χ1) is 10.4. The molecule has 2 aromatic rings. The Morgan fingerprint density at radius 1 is 1.50 bits per heavy atom. The van der Waals surface area contributed by atoms with Crippen molar-refractivity contribution in [2.45, 2.75) is 13.3 Å². The second-order valence-corrected chi connectivity index (χ2v) is 6.06. The van der Waals surface area contributed by atoms with Crippen LogP contribution in [0.5, 0.6) is 0 Å². The number of anilines is 1. The van der Waals surface area contributed by atoms with E-state index in [1.807, 2.05) is 0 Å². The van der Waals surface area contributed by atoms with Crippen molar-refractivity contribution in [1.82, 2.24) is 4.98 Å². The summed E-state index contributed by atoms with van der Waals surface area (Å²) in [4.78, 5) is 19.7. The highest BCUT2D eigenvalue weighted by Crippen LogP contribution is 2.26. The number of aryl methyl sites for hydroxylation is 1. The number of nitrogens with two attached hydrogens (primary N) is 1. The van der Waals surface area contributed by atoms with Crippen molar-refractivity contribution in [3.05, 3.63) is 45.3 Å². The van der Waals surface area contributed by atoms with Crippen LogP contribution in [-0.2, 0) is 11.2 Å². The smallest absolute Gasteiger partial charge is 0.291 e. The van der Waals surface area contributed by atoms with Crippen LogP contribution in [0.15, 0.2) is 23.2 Å². The summed E-state index contributed by atoms with van der Waals surface area (Å²) in [6, 6.07) is 4.33. The molecule has 0 atom stereocenters. The van der Waals surface area contributed by atoms with Gasteiger partial charge in [-0.2, -0.15) is 0 Å². The Morgan fingerprint density at radius 3 is 2.86 bits per heavy atom. The number of nitrogens with zero attached hydrogens (tertiary/aromatic N) is 2. The van der Waals surface area contributed by atoms with E-state index in [0.29, 0.717) is 27.7 Å². The van der Waals surface area contributed by atoms with Gasteiger partial charge < -0.3 is 11.1 Å². The van der Waals surface area contributed by atoms with Gasteiger partial charge in [-0.05, 0) is 30.7 Å². The van der Waals surface area contributed by atoms with Crippen LogP contribution in [0.1, 0.15) is 16.3 Å². The van der Waals surface area contributed by atoms with E-state index in [4.69, 9.17) is 17.3 Å². The second-order valence-electron chi connectivity index (χ2n) is 4.54. The predicted octanol–water partition coefficient (Wildman–Crippen LogP) is 2.76. The normalized spacial score (nSPS) is 11.5. The van der Waals surface area contributed by atoms with E-state index >= 15 is 0 Å². The zero-order valence-electron chi connectivity index (χ0n) is 12.0. The maximum absolute atomic E-state index is 13.3. The van der Waals surface area contributed by atoms with E-state index in [0.717, 1.165) is 5.01 Å². The summed E-state index contributed by atoms with van der Waals surface area (Å²) in [5.74, 6) is -0.975. The number of thiazole rings is 1. The van der Waals surface area contributed by atoms with Gasteiger partial charge in [0.05, 0.1) is 10.7 Å². The molecule has 0 aliphatic rings. The van der Waals surface area contributed by atoms with Gasteiger partial charge in [-0.3, -0.25) is 9.79 Å². The summed E-state index contributed by atoms with van der Waals surface area (Å²) < 4.78 is 13.3. The summed E-state index contributed by atoms with van der Waals surface area (Å²) in [5.41, 5.74) is 6.82. The number of nitrogens with one attached hydrogen (secondary N) is 1. The van der Waals surface area contributed by atoms with E-state index in [1.165, 1.54) is 30.5 Å². The molecule has 0 spiro atoms. The predicted molar refractivity (Wildman–Crippen MR) is 87.2 cm³/mol. The molecule has 0 saturated carbocycles. The molecule has 0 bridgehead atoms. The van der Waals surface area contributed by atoms with Crippen molar-refractivity contribution >= 4 is 39.7 Å². The second kappa shape index (κ2) is 6.85. The number of carbonyl (C=O) groups is 1. The number of amides is 1. The lowest BCUT2D eigenvalue weighted by molar-refractivity contribution is -0.110. The van der Waals surface area contributed by atoms with Crippen LogP contribution in [0.4, 0.5) is 9.39 Å². The number of halogens is 2. The van der Waals surface area contributed by atoms with E-state index in [9.17, 15) is 9.18 Å². The minimum Gasteiger partial charge on any atom is -0.379 e. The fourth-order valence-corrected chi connectivity index (χ4v) is 3.04. The number of rotatable bonds is 3. The Balaban J connectivity index is 2.17.